The lowest BCUT2D eigenvalue weighted by Gasteiger charge is -2.34. The third-order valence-electron chi connectivity index (χ3n) is 29.1. The zero-order valence-electron chi connectivity index (χ0n) is 78.9. The fourth-order valence-corrected chi connectivity index (χ4v) is 27.0. The van der Waals surface area contributed by atoms with E-state index in [9.17, 15) is 0 Å². The molecule has 0 saturated carbocycles. The Balaban J connectivity index is 0.000000112. The molecule has 0 unspecified atom stereocenters. The molecule has 0 saturated heterocycles. The van der Waals surface area contributed by atoms with E-state index in [1.807, 2.05) is 36.7 Å². The number of hydrogen-bond acceptors (Lipinski definition) is 6. The third kappa shape index (κ3) is 14.9. The van der Waals surface area contributed by atoms with E-state index in [0.29, 0.717) is 17.7 Å². The van der Waals surface area contributed by atoms with Gasteiger partial charge in [0, 0.05) is 89.0 Å². The first-order valence-corrected chi connectivity index (χ1v) is 50.7. The van der Waals surface area contributed by atoms with Gasteiger partial charge in [-0.1, -0.05) is 434 Å². The van der Waals surface area contributed by atoms with E-state index in [2.05, 4.69) is 509 Å². The molecule has 2 aliphatic carbocycles. The van der Waals surface area contributed by atoms with Crippen LogP contribution in [-0.2, 0) is 10.8 Å². The Morgan fingerprint density at radius 2 is 0.528 bits per heavy atom. The molecule has 25 aromatic rings. The Labute approximate surface area is 826 Å². The highest BCUT2D eigenvalue weighted by molar-refractivity contribution is 7.20. The van der Waals surface area contributed by atoms with Gasteiger partial charge in [0.15, 0.2) is 13.9 Å². The summed E-state index contributed by atoms with van der Waals surface area (Å²) < 4.78 is 6.85. The Morgan fingerprint density at radius 3 is 1.03 bits per heavy atom. The molecular weight excluding hydrogens is 1740 g/mol. The first-order chi connectivity index (χ1) is 69.9. The van der Waals surface area contributed by atoms with Crippen LogP contribution in [-0.4, -0.2) is 51.7 Å². The highest BCUT2D eigenvalue weighted by Crippen LogP contribution is 2.54. The zero-order valence-corrected chi connectivity index (χ0v) is 79.9. The van der Waals surface area contributed by atoms with Crippen molar-refractivity contribution in [2.24, 2.45) is 0 Å². The molecule has 9 nitrogen and oxygen atoms in total. The van der Waals surface area contributed by atoms with Crippen LogP contribution in [0.25, 0.3) is 195 Å². The summed E-state index contributed by atoms with van der Waals surface area (Å²) in [5, 5.41) is 12.6. The van der Waals surface area contributed by atoms with E-state index in [0.717, 1.165) is 89.5 Å². The van der Waals surface area contributed by atoms with Gasteiger partial charge in [0.1, 0.15) is 0 Å². The molecule has 10 heteroatoms. The van der Waals surface area contributed by atoms with Gasteiger partial charge in [-0.25, -0.2) is 29.9 Å². The Bertz CT molecular complexity index is 8980. The lowest BCUT2D eigenvalue weighted by molar-refractivity contribution is 0.661. The van der Waals surface area contributed by atoms with Gasteiger partial charge in [-0.15, -0.1) is 0 Å². The topological polar surface area (TPSA) is 92.1 Å². The van der Waals surface area contributed by atoms with Crippen LogP contribution in [0.4, 0.5) is 0 Å². The van der Waals surface area contributed by atoms with E-state index in [-0.39, 0.29) is 10.8 Å². The van der Waals surface area contributed by atoms with Crippen molar-refractivity contribution >= 4 is 94.2 Å². The average molecular weight is 1840 g/mol. The third-order valence-corrected chi connectivity index (χ3v) is 33.9. The van der Waals surface area contributed by atoms with Gasteiger partial charge in [0.05, 0.1) is 55.9 Å². The second kappa shape index (κ2) is 35.5. The van der Waals surface area contributed by atoms with Crippen LogP contribution < -0.4 is 20.7 Å². The maximum atomic E-state index is 5.30. The molecule has 0 amide bonds. The van der Waals surface area contributed by atoms with Crippen LogP contribution >= 0.6 is 0 Å². The zero-order chi connectivity index (χ0) is 95.0. The second-order valence-electron chi connectivity index (χ2n) is 38.0. The molecular formula is C132H95N9Si. The molecule has 27 rings (SSSR count). The highest BCUT2D eigenvalue weighted by Gasteiger charge is 2.43. The molecule has 2 aliphatic rings. The molecule has 0 bridgehead atoms. The van der Waals surface area contributed by atoms with E-state index < -0.39 is 8.07 Å². The van der Waals surface area contributed by atoms with Crippen molar-refractivity contribution < 1.29 is 0 Å². The molecule has 19 aromatic carbocycles. The fraction of sp³-hybridized carbons (Fsp3) is 0.0455. The number of rotatable bonds is 15. The van der Waals surface area contributed by atoms with Crippen molar-refractivity contribution in [1.82, 2.24) is 43.6 Å². The second-order valence-corrected chi connectivity index (χ2v) is 41.8. The van der Waals surface area contributed by atoms with Crippen LogP contribution in [0.5, 0.6) is 0 Å². The van der Waals surface area contributed by atoms with Crippen molar-refractivity contribution in [3.05, 3.63) is 526 Å². The maximum Gasteiger partial charge on any atom is 0.235 e. The van der Waals surface area contributed by atoms with Crippen LogP contribution in [0.3, 0.4) is 0 Å². The van der Waals surface area contributed by atoms with Gasteiger partial charge < -0.3 is 4.57 Å². The summed E-state index contributed by atoms with van der Waals surface area (Å²) in [6.45, 7) is 9.35. The average Bonchev–Trinajstić information content (AvgIpc) is 1.53. The van der Waals surface area contributed by atoms with Crippen molar-refractivity contribution in [2.45, 2.75) is 38.5 Å². The summed E-state index contributed by atoms with van der Waals surface area (Å²) >= 11 is 0. The lowest BCUT2D eigenvalue weighted by atomic mass is 9.82. The summed E-state index contributed by atoms with van der Waals surface area (Å²) in [5.41, 5.74) is 34.5. The van der Waals surface area contributed by atoms with E-state index in [1.54, 1.807) is 0 Å². The van der Waals surface area contributed by atoms with Gasteiger partial charge in [-0.05, 0) is 184 Å². The van der Waals surface area contributed by atoms with Crippen LogP contribution in [0.15, 0.2) is 504 Å². The first-order valence-electron chi connectivity index (χ1n) is 48.7. The first kappa shape index (κ1) is 85.7. The molecule has 6 aromatic heterocycles. The normalized spacial score (nSPS) is 12.6. The Kier molecular flexibility index (Phi) is 21.4. The molecule has 0 atom stereocenters. The molecule has 672 valence electrons. The summed E-state index contributed by atoms with van der Waals surface area (Å²) in [6.07, 6.45) is 3.77. The number of hydrogen-bond donors (Lipinski definition) is 0. The van der Waals surface area contributed by atoms with E-state index in [4.69, 9.17) is 29.9 Å². The molecule has 142 heavy (non-hydrogen) atoms. The SMILES string of the molecule is CC1(C)c2ccccc2-c2cc3c4ccccc4n(-c4cccc(-c5nc(-c6ccccc6)cc(-c6ccccc6)n5)c4)c3cc21.CC1(C)c2ccccc2-c2cc3c4ccccc4n(-c4nccc(-c5cccc(-c6ccc(-c7ccccc7)cc6)c5)n4)c3cc21.c1ccc(-c2ccc3c4ccccc4n(-c4nccc(-c5cccc([Si](c6ccccc6)(c6ccccc6)c6ccccc6)c5)n4)c3c2)cc1. The quantitative estimate of drug-likeness (QED) is 0.0750. The Hall–Kier alpha value is -18.0. The van der Waals surface area contributed by atoms with E-state index in [1.165, 1.54) is 131 Å². The number of fused-ring (bicyclic) bond motifs is 15. The standard InChI is InChI=1S/C46H33N3Si.2C43H31N3/c1-5-16-34(17-6-1)35-28-29-42-41-26-13-14-27-44(41)49(45(42)33-35)46-47-31-30-43(48-46)36-18-15-25-40(32-36)50(37-19-7-2-8-20-37,38-21-9-3-10-22-38)39-23-11-4-12-24-39;1-43(2)36-22-11-9-20-32(36)34-25-35-33-21-10-12-23-40(33)46(41(35)26-37(34)43)31-19-13-18-30(24-31)42-44-38(28-14-5-3-6-15-28)27-39(45-42)29-16-7-4-8-17-29;1-43(2)37-17-8-6-15-33(37)35-26-36-34-16-7-9-18-40(34)46(41(36)27-38(35)43)42-44-24-23-39(45-42)32-14-10-13-31(25-32)30-21-19-29(20-22-30)28-11-4-3-5-12-28/h1-33H;2*3-27H,1-2H3. The highest BCUT2D eigenvalue weighted by atomic mass is 28.3. The molecule has 6 heterocycles. The number of para-hydroxylation sites is 3. The van der Waals surface area contributed by atoms with Crippen molar-refractivity contribution in [1.29, 1.82) is 0 Å². The maximum absolute atomic E-state index is 5.30. The van der Waals surface area contributed by atoms with Gasteiger partial charge in [0.25, 0.3) is 0 Å². The minimum absolute atomic E-state index is 0.0805. The summed E-state index contributed by atoms with van der Waals surface area (Å²) in [4.78, 5) is 30.5. The lowest BCUT2D eigenvalue weighted by Crippen LogP contribution is -2.74. The van der Waals surface area contributed by atoms with Gasteiger partial charge in [0.2, 0.25) is 11.9 Å². The number of aromatic nitrogens is 9. The molecule has 0 aliphatic heterocycles. The minimum atomic E-state index is -2.69. The van der Waals surface area contributed by atoms with Crippen LogP contribution in [0.1, 0.15) is 49.9 Å². The predicted molar refractivity (Wildman–Crippen MR) is 591 cm³/mol. The number of benzene rings is 19. The van der Waals surface area contributed by atoms with Crippen molar-refractivity contribution in [2.75, 3.05) is 0 Å². The van der Waals surface area contributed by atoms with Gasteiger partial charge in [-0.2, -0.15) is 0 Å². The number of nitrogens with zero attached hydrogens (tertiary/aromatic N) is 9. The molecule has 0 spiro atoms. The van der Waals surface area contributed by atoms with Gasteiger partial charge in [-0.3, -0.25) is 9.13 Å². The monoisotopic (exact) mass is 1830 g/mol. The Morgan fingerprint density at radius 1 is 0.190 bits per heavy atom. The van der Waals surface area contributed by atoms with Gasteiger partial charge >= 0.3 is 0 Å². The van der Waals surface area contributed by atoms with Crippen molar-refractivity contribution in [3.63, 3.8) is 0 Å². The molecule has 0 fully saturated rings. The summed E-state index contributed by atoms with van der Waals surface area (Å²) in [6, 6.07) is 176. The fourth-order valence-electron chi connectivity index (χ4n) is 22.2. The molecule has 0 N–H and O–H groups in total. The van der Waals surface area contributed by atoms with Crippen LogP contribution in [0.2, 0.25) is 0 Å². The predicted octanol–water partition coefficient (Wildman–Crippen LogP) is 30.0. The van der Waals surface area contributed by atoms with Crippen molar-refractivity contribution in [3.8, 4) is 130 Å². The smallest absolute Gasteiger partial charge is 0.235 e. The molecule has 0 radical (unpaired) electrons. The van der Waals surface area contributed by atoms with Crippen LogP contribution in [0, 0.1) is 0 Å². The summed E-state index contributed by atoms with van der Waals surface area (Å²) in [5.74, 6) is 2.04. The minimum Gasteiger partial charge on any atom is -0.309 e. The van der Waals surface area contributed by atoms with E-state index >= 15 is 0 Å². The summed E-state index contributed by atoms with van der Waals surface area (Å²) in [7, 11) is -2.69. The largest absolute Gasteiger partial charge is 0.309 e.